The molecule has 0 saturated carbocycles. The van der Waals surface area contributed by atoms with Crippen molar-refractivity contribution >= 4 is 18.2 Å². The Balaban J connectivity index is 3.03. The maximum atomic E-state index is 11.0. The fourth-order valence-electron chi connectivity index (χ4n) is 0.947. The first-order valence-corrected chi connectivity index (χ1v) is 3.20. The second kappa shape index (κ2) is 2.30. The topological polar surface area (TPSA) is 43.1 Å². The van der Waals surface area contributed by atoms with Crippen molar-refractivity contribution in [3.63, 3.8) is 0 Å². The standard InChI is InChI=1S/C7H4BNO2/c10-7-5-3-1-2-4-6(5)11-8-9-7/h1-4H. The molecular formula is C7H4BNO2. The van der Waals surface area contributed by atoms with Gasteiger partial charge in [-0.1, -0.05) is 0 Å². The molecule has 0 aliphatic heterocycles. The summed E-state index contributed by atoms with van der Waals surface area (Å²) in [6.07, 6.45) is 0. The van der Waals surface area contributed by atoms with E-state index < -0.39 is 0 Å². The molecule has 2 aromatic rings. The minimum atomic E-state index is -0.244. The zero-order chi connectivity index (χ0) is 7.68. The Hall–Kier alpha value is -1.45. The fraction of sp³-hybridized carbons (Fsp3) is 0. The van der Waals surface area contributed by atoms with E-state index in [4.69, 9.17) is 4.33 Å². The van der Waals surface area contributed by atoms with Crippen LogP contribution < -0.4 is 5.56 Å². The van der Waals surface area contributed by atoms with Crippen LogP contribution in [0.4, 0.5) is 0 Å². The van der Waals surface area contributed by atoms with Crippen LogP contribution in [0.5, 0.6) is 0 Å². The molecule has 4 heteroatoms. The Labute approximate surface area is 63.0 Å². The molecule has 0 atom stereocenters. The van der Waals surface area contributed by atoms with Gasteiger partial charge in [-0.25, -0.2) is 0 Å². The third-order valence-corrected chi connectivity index (χ3v) is 1.47. The monoisotopic (exact) mass is 145 g/mol. The van der Waals surface area contributed by atoms with E-state index >= 15 is 0 Å². The summed E-state index contributed by atoms with van der Waals surface area (Å²) < 4.78 is 4.98. The molecule has 0 N–H and O–H groups in total. The van der Waals surface area contributed by atoms with E-state index in [9.17, 15) is 4.79 Å². The van der Waals surface area contributed by atoms with E-state index in [1.54, 1.807) is 18.2 Å². The number of para-hydroxylation sites is 1. The number of hydrogen-bond donors (Lipinski definition) is 0. The number of benzene rings is 1. The number of rotatable bonds is 0. The SMILES string of the molecule is O=c1nboc2ccccc12. The van der Waals surface area contributed by atoms with E-state index in [0.717, 1.165) is 7.27 Å². The van der Waals surface area contributed by atoms with Crippen LogP contribution in [0.1, 0.15) is 0 Å². The molecule has 1 aromatic heterocycles. The molecule has 0 spiro atoms. The van der Waals surface area contributed by atoms with Crippen molar-refractivity contribution in [1.29, 1.82) is 0 Å². The van der Waals surface area contributed by atoms with Gasteiger partial charge in [-0.05, 0) is 0 Å². The summed E-state index contributed by atoms with van der Waals surface area (Å²) in [4.78, 5) is 14.5. The molecule has 0 unspecified atom stereocenters. The molecule has 0 aliphatic carbocycles. The fourth-order valence-corrected chi connectivity index (χ4v) is 0.947. The van der Waals surface area contributed by atoms with Crippen molar-refractivity contribution in [1.82, 2.24) is 4.89 Å². The van der Waals surface area contributed by atoms with Gasteiger partial charge in [0.05, 0.1) is 0 Å². The van der Waals surface area contributed by atoms with Crippen molar-refractivity contribution in [2.75, 3.05) is 0 Å². The van der Waals surface area contributed by atoms with Crippen molar-refractivity contribution in [2.45, 2.75) is 0 Å². The summed E-state index contributed by atoms with van der Waals surface area (Å²) in [6.45, 7) is 0. The average Bonchev–Trinajstić information content (AvgIpc) is 2.06. The molecule has 0 amide bonds. The maximum absolute atomic E-state index is 11.0. The van der Waals surface area contributed by atoms with E-state index in [1.165, 1.54) is 0 Å². The van der Waals surface area contributed by atoms with E-state index in [0.29, 0.717) is 11.0 Å². The van der Waals surface area contributed by atoms with Crippen LogP contribution in [0.25, 0.3) is 11.0 Å². The van der Waals surface area contributed by atoms with E-state index in [2.05, 4.69) is 4.89 Å². The third kappa shape index (κ3) is 0.961. The molecule has 0 fully saturated rings. The van der Waals surface area contributed by atoms with Crippen LogP contribution in [0.2, 0.25) is 0 Å². The summed E-state index contributed by atoms with van der Waals surface area (Å²) >= 11 is 0. The van der Waals surface area contributed by atoms with Crippen LogP contribution in [-0.4, -0.2) is 12.2 Å². The van der Waals surface area contributed by atoms with Crippen molar-refractivity contribution in [2.24, 2.45) is 0 Å². The Morgan fingerprint density at radius 3 is 3.00 bits per heavy atom. The van der Waals surface area contributed by atoms with Crippen LogP contribution >= 0.6 is 0 Å². The van der Waals surface area contributed by atoms with Crippen LogP contribution in [0, 0.1) is 0 Å². The Bertz CT molecular complexity index is 432. The van der Waals surface area contributed by atoms with Crippen molar-refractivity contribution in [3.05, 3.63) is 34.6 Å². The molecule has 1 aromatic carbocycles. The van der Waals surface area contributed by atoms with Gasteiger partial charge in [-0.2, -0.15) is 0 Å². The number of fused-ring (bicyclic) bond motifs is 1. The minimum absolute atomic E-state index is 0.244. The molecule has 3 nitrogen and oxygen atoms in total. The Morgan fingerprint density at radius 2 is 2.18 bits per heavy atom. The normalized spacial score (nSPS) is 9.82. The van der Waals surface area contributed by atoms with Gasteiger partial charge in [0, 0.05) is 0 Å². The predicted molar refractivity (Wildman–Crippen MR) is 41.6 cm³/mol. The molecule has 52 valence electrons. The van der Waals surface area contributed by atoms with Gasteiger partial charge < -0.3 is 0 Å². The van der Waals surface area contributed by atoms with Crippen LogP contribution in [-0.2, 0) is 0 Å². The number of nitrogens with zero attached hydrogens (tertiary/aromatic N) is 1. The Morgan fingerprint density at radius 1 is 1.36 bits per heavy atom. The summed E-state index contributed by atoms with van der Waals surface area (Å²) in [5, 5.41) is 0.523. The first kappa shape index (κ1) is 6.28. The van der Waals surface area contributed by atoms with Gasteiger partial charge in [0.1, 0.15) is 0 Å². The number of aromatic nitrogens is 1. The quantitative estimate of drug-likeness (QED) is 0.542. The first-order chi connectivity index (χ1) is 5.38. The predicted octanol–water partition coefficient (Wildman–Crippen LogP) is 0.526. The zero-order valence-electron chi connectivity index (χ0n) is 5.65. The first-order valence-electron chi connectivity index (χ1n) is 3.20. The van der Waals surface area contributed by atoms with Crippen molar-refractivity contribution < 1.29 is 4.33 Å². The summed E-state index contributed by atoms with van der Waals surface area (Å²) in [5.74, 6) is 0. The third-order valence-electron chi connectivity index (χ3n) is 1.47. The van der Waals surface area contributed by atoms with Gasteiger partial charge in [0.2, 0.25) is 0 Å². The van der Waals surface area contributed by atoms with Crippen LogP contribution in [0.3, 0.4) is 0 Å². The number of hydrogen-bond acceptors (Lipinski definition) is 3. The van der Waals surface area contributed by atoms with Gasteiger partial charge in [0.25, 0.3) is 0 Å². The van der Waals surface area contributed by atoms with E-state index in [-0.39, 0.29) is 5.56 Å². The molecule has 0 radical (unpaired) electrons. The molecule has 0 aliphatic rings. The molecule has 0 bridgehead atoms. The second-order valence-electron chi connectivity index (χ2n) is 2.15. The van der Waals surface area contributed by atoms with Gasteiger partial charge >= 0.3 is 62.1 Å². The summed E-state index contributed by atoms with van der Waals surface area (Å²) in [5.41, 5.74) is 0.333. The van der Waals surface area contributed by atoms with Gasteiger partial charge in [-0.15, -0.1) is 0 Å². The molecule has 1 heterocycles. The zero-order valence-corrected chi connectivity index (χ0v) is 5.65. The molecule has 11 heavy (non-hydrogen) atoms. The summed E-state index contributed by atoms with van der Waals surface area (Å²) in [6, 6.07) is 7.01. The van der Waals surface area contributed by atoms with E-state index in [1.807, 2.05) is 6.07 Å². The summed E-state index contributed by atoms with van der Waals surface area (Å²) in [7, 11) is 1.16. The molecular weight excluding hydrogens is 141 g/mol. The van der Waals surface area contributed by atoms with Gasteiger partial charge in [0.15, 0.2) is 0 Å². The van der Waals surface area contributed by atoms with Crippen molar-refractivity contribution in [3.8, 4) is 0 Å². The van der Waals surface area contributed by atoms with Gasteiger partial charge in [-0.3, -0.25) is 0 Å². The average molecular weight is 145 g/mol. The molecule has 0 saturated heterocycles. The van der Waals surface area contributed by atoms with Crippen LogP contribution in [0.15, 0.2) is 33.4 Å². The Kier molecular flexibility index (Phi) is 1.32. The molecule has 2 rings (SSSR count). The second-order valence-corrected chi connectivity index (χ2v) is 2.15.